The molecule has 0 aliphatic carbocycles. The minimum Gasteiger partial charge on any atom is -0.411 e. The van der Waals surface area contributed by atoms with E-state index >= 15 is 0 Å². The fourth-order valence-corrected chi connectivity index (χ4v) is 1.38. The van der Waals surface area contributed by atoms with Gasteiger partial charge >= 0.3 is 0 Å². The molecule has 1 aromatic carbocycles. The van der Waals surface area contributed by atoms with Gasteiger partial charge in [-0.1, -0.05) is 41.6 Å². The quantitative estimate of drug-likeness (QED) is 0.493. The number of aromatic nitrogens is 1. The van der Waals surface area contributed by atoms with Gasteiger partial charge in [0.2, 0.25) is 0 Å². The molecule has 0 saturated heterocycles. The second-order valence-corrected chi connectivity index (χ2v) is 4.13. The fraction of sp³-hybridized carbons (Fsp3) is 0.200. The molecule has 1 heterocycles. The lowest BCUT2D eigenvalue weighted by Gasteiger charge is -2.01. The Morgan fingerprint density at radius 1 is 1.21 bits per heavy atom. The van der Waals surface area contributed by atoms with E-state index in [1.54, 1.807) is 19.3 Å². The van der Waals surface area contributed by atoms with Crippen LogP contribution in [0.3, 0.4) is 0 Å². The van der Waals surface area contributed by atoms with E-state index in [2.05, 4.69) is 10.1 Å². The molecule has 0 radical (unpaired) electrons. The van der Waals surface area contributed by atoms with Gasteiger partial charge in [-0.05, 0) is 31.0 Å². The minimum atomic E-state index is 0.0960. The third-order valence-corrected chi connectivity index (χ3v) is 2.55. The first-order valence-corrected chi connectivity index (χ1v) is 6.04. The fourth-order valence-electron chi connectivity index (χ4n) is 1.38. The van der Waals surface area contributed by atoms with E-state index in [1.165, 1.54) is 0 Å². The summed E-state index contributed by atoms with van der Waals surface area (Å²) in [5.41, 5.74) is 8.24. The van der Waals surface area contributed by atoms with E-state index in [9.17, 15) is 0 Å². The zero-order chi connectivity index (χ0) is 14.1. The molecule has 0 bridgehead atoms. The molecule has 1 aromatic heterocycles. The first kappa shape index (κ1) is 14.9. The molecule has 3 N–H and O–H groups in total. The van der Waals surface area contributed by atoms with Gasteiger partial charge < -0.3 is 10.9 Å². The summed E-state index contributed by atoms with van der Waals surface area (Å²) < 4.78 is 0. The molecule has 0 fully saturated rings. The second kappa shape index (κ2) is 8.00. The average Bonchev–Trinajstić information content (AvgIpc) is 2.49. The summed E-state index contributed by atoms with van der Waals surface area (Å²) in [6, 6.07) is 13.5. The van der Waals surface area contributed by atoms with Crippen LogP contribution >= 0.6 is 0 Å². The molecule has 0 amide bonds. The number of rotatable bonds is 2. The van der Waals surface area contributed by atoms with Crippen LogP contribution in [0.1, 0.15) is 31.0 Å². The van der Waals surface area contributed by atoms with Gasteiger partial charge in [0.1, 0.15) is 0 Å². The molecular weight excluding hydrogens is 238 g/mol. The maximum absolute atomic E-state index is 8.38. The molecule has 0 spiro atoms. The number of oxime groups is 1. The lowest BCUT2D eigenvalue weighted by molar-refractivity contribution is 0.319. The van der Waals surface area contributed by atoms with Gasteiger partial charge in [-0.2, -0.15) is 0 Å². The van der Waals surface area contributed by atoms with Crippen LogP contribution in [0.4, 0.5) is 0 Å². The Labute approximate surface area is 113 Å². The van der Waals surface area contributed by atoms with Crippen LogP contribution in [0.15, 0.2) is 60.0 Å². The van der Waals surface area contributed by atoms with Crippen molar-refractivity contribution in [2.24, 2.45) is 10.9 Å². The van der Waals surface area contributed by atoms with Gasteiger partial charge in [-0.15, -0.1) is 0 Å². The van der Waals surface area contributed by atoms with Crippen molar-refractivity contribution in [1.82, 2.24) is 4.98 Å². The van der Waals surface area contributed by atoms with Crippen LogP contribution in [0.5, 0.6) is 0 Å². The van der Waals surface area contributed by atoms with E-state index in [0.717, 1.165) is 11.1 Å². The zero-order valence-electron chi connectivity index (χ0n) is 11.2. The summed E-state index contributed by atoms with van der Waals surface area (Å²) in [7, 11) is 0. The van der Waals surface area contributed by atoms with E-state index in [4.69, 9.17) is 10.9 Å². The van der Waals surface area contributed by atoms with Crippen molar-refractivity contribution in [2.45, 2.75) is 19.9 Å². The van der Waals surface area contributed by atoms with Crippen molar-refractivity contribution in [3.8, 4) is 0 Å². The monoisotopic (exact) mass is 257 g/mol. The Morgan fingerprint density at radius 3 is 2.32 bits per heavy atom. The number of hydrogen-bond donors (Lipinski definition) is 2. The van der Waals surface area contributed by atoms with Crippen LogP contribution in [-0.2, 0) is 0 Å². The molecule has 4 nitrogen and oxygen atoms in total. The van der Waals surface area contributed by atoms with Crippen molar-refractivity contribution in [2.75, 3.05) is 0 Å². The van der Waals surface area contributed by atoms with E-state index in [1.807, 2.05) is 49.4 Å². The highest BCUT2D eigenvalue weighted by atomic mass is 16.4. The molecule has 2 aromatic rings. The summed E-state index contributed by atoms with van der Waals surface area (Å²) in [5.74, 6) is 0. The third kappa shape index (κ3) is 5.31. The van der Waals surface area contributed by atoms with Gasteiger partial charge in [0.05, 0.1) is 5.71 Å². The van der Waals surface area contributed by atoms with E-state index < -0.39 is 0 Å². The molecule has 0 aliphatic rings. The third-order valence-electron chi connectivity index (χ3n) is 2.55. The molecule has 0 aliphatic heterocycles. The Kier molecular flexibility index (Phi) is 6.26. The molecule has 4 heteroatoms. The number of nitrogens with two attached hydrogens (primary N) is 1. The maximum Gasteiger partial charge on any atom is 0.0836 e. The SMILES string of the molecule is CC(=NO)c1ccccc1.CC(N)c1cccnc1. The van der Waals surface area contributed by atoms with Crippen LogP contribution < -0.4 is 5.73 Å². The highest BCUT2D eigenvalue weighted by Gasteiger charge is 1.94. The van der Waals surface area contributed by atoms with Gasteiger partial charge in [0.15, 0.2) is 0 Å². The molecule has 1 atom stereocenters. The van der Waals surface area contributed by atoms with Crippen molar-refractivity contribution >= 4 is 5.71 Å². The number of nitrogens with zero attached hydrogens (tertiary/aromatic N) is 2. The Hall–Kier alpha value is -2.20. The minimum absolute atomic E-state index is 0.0960. The lowest BCUT2D eigenvalue weighted by Crippen LogP contribution is -2.04. The van der Waals surface area contributed by atoms with Crippen LogP contribution in [-0.4, -0.2) is 15.9 Å². The highest BCUT2D eigenvalue weighted by molar-refractivity contribution is 5.98. The molecule has 100 valence electrons. The van der Waals surface area contributed by atoms with E-state index in [-0.39, 0.29) is 6.04 Å². The highest BCUT2D eigenvalue weighted by Crippen LogP contribution is 2.04. The molecule has 0 saturated carbocycles. The van der Waals surface area contributed by atoms with Crippen LogP contribution in [0.25, 0.3) is 0 Å². The summed E-state index contributed by atoms with van der Waals surface area (Å²) >= 11 is 0. The molecular formula is C15H19N3O. The first-order chi connectivity index (χ1) is 9.15. The zero-order valence-corrected chi connectivity index (χ0v) is 11.2. The summed E-state index contributed by atoms with van der Waals surface area (Å²) in [5, 5.41) is 11.5. The molecule has 1 unspecified atom stereocenters. The number of hydrogen-bond acceptors (Lipinski definition) is 4. The predicted octanol–water partition coefficient (Wildman–Crippen LogP) is 2.99. The number of pyridine rings is 1. The smallest absolute Gasteiger partial charge is 0.0836 e. The normalized spacial score (nSPS) is 12.3. The summed E-state index contributed by atoms with van der Waals surface area (Å²) in [6.07, 6.45) is 3.52. The summed E-state index contributed by atoms with van der Waals surface area (Å²) in [4.78, 5) is 3.93. The van der Waals surface area contributed by atoms with Crippen molar-refractivity contribution in [3.63, 3.8) is 0 Å². The van der Waals surface area contributed by atoms with Crippen LogP contribution in [0.2, 0.25) is 0 Å². The first-order valence-electron chi connectivity index (χ1n) is 6.04. The summed E-state index contributed by atoms with van der Waals surface area (Å²) in [6.45, 7) is 3.70. The Balaban J connectivity index is 0.000000191. The van der Waals surface area contributed by atoms with Gasteiger partial charge in [0, 0.05) is 18.4 Å². The predicted molar refractivity (Wildman–Crippen MR) is 77.3 cm³/mol. The number of benzene rings is 1. The van der Waals surface area contributed by atoms with Gasteiger partial charge in [-0.3, -0.25) is 4.98 Å². The van der Waals surface area contributed by atoms with Crippen molar-refractivity contribution in [3.05, 3.63) is 66.0 Å². The molecule has 2 rings (SSSR count). The van der Waals surface area contributed by atoms with Crippen molar-refractivity contribution in [1.29, 1.82) is 0 Å². The Bertz CT molecular complexity index is 495. The Morgan fingerprint density at radius 2 is 1.89 bits per heavy atom. The second-order valence-electron chi connectivity index (χ2n) is 4.13. The van der Waals surface area contributed by atoms with Crippen molar-refractivity contribution < 1.29 is 5.21 Å². The topological polar surface area (TPSA) is 71.5 Å². The van der Waals surface area contributed by atoms with Gasteiger partial charge in [0.25, 0.3) is 0 Å². The van der Waals surface area contributed by atoms with Gasteiger partial charge in [-0.25, -0.2) is 0 Å². The largest absolute Gasteiger partial charge is 0.411 e. The lowest BCUT2D eigenvalue weighted by atomic mass is 10.1. The van der Waals surface area contributed by atoms with Crippen LogP contribution in [0, 0.1) is 0 Å². The maximum atomic E-state index is 8.38. The molecule has 19 heavy (non-hydrogen) atoms. The standard InChI is InChI=1S/C8H9NO.C7H10N2/c1-7(9-10)8-5-3-2-4-6-8;1-6(8)7-3-2-4-9-5-7/h2-6,10H,1H3;2-6H,8H2,1H3. The average molecular weight is 257 g/mol. The van der Waals surface area contributed by atoms with E-state index in [0.29, 0.717) is 5.71 Å².